The van der Waals surface area contributed by atoms with Crippen LogP contribution in [0.15, 0.2) is 36.5 Å². The Morgan fingerprint density at radius 1 is 1.11 bits per heavy atom. The van der Waals surface area contributed by atoms with E-state index >= 15 is 0 Å². The summed E-state index contributed by atoms with van der Waals surface area (Å²) < 4.78 is 0. The second-order valence-corrected chi connectivity index (χ2v) is 5.37. The molecule has 1 N–H and O–H groups in total. The van der Waals surface area contributed by atoms with Gasteiger partial charge in [0.25, 0.3) is 0 Å². The molecule has 19 heavy (non-hydrogen) atoms. The maximum atomic E-state index is 4.52. The van der Waals surface area contributed by atoms with E-state index in [0.717, 1.165) is 17.2 Å². The maximum absolute atomic E-state index is 4.52. The van der Waals surface area contributed by atoms with Crippen LogP contribution in [-0.4, -0.2) is 16.0 Å². The quantitative estimate of drug-likeness (QED) is 0.910. The van der Waals surface area contributed by atoms with E-state index in [4.69, 9.17) is 0 Å². The Kier molecular flexibility index (Phi) is 3.20. The van der Waals surface area contributed by atoms with Crippen molar-refractivity contribution in [1.82, 2.24) is 9.97 Å². The van der Waals surface area contributed by atoms with Gasteiger partial charge in [-0.05, 0) is 38.2 Å². The van der Waals surface area contributed by atoms with Crippen LogP contribution in [0.5, 0.6) is 0 Å². The molecule has 3 nitrogen and oxygen atoms in total. The van der Waals surface area contributed by atoms with E-state index < -0.39 is 0 Å². The molecule has 98 valence electrons. The molecule has 1 fully saturated rings. The molecule has 3 heteroatoms. The van der Waals surface area contributed by atoms with Crippen LogP contribution in [-0.2, 0) is 0 Å². The van der Waals surface area contributed by atoms with Gasteiger partial charge in [-0.1, -0.05) is 30.3 Å². The van der Waals surface area contributed by atoms with Crippen LogP contribution in [0, 0.1) is 13.8 Å². The Morgan fingerprint density at radius 3 is 2.58 bits per heavy atom. The van der Waals surface area contributed by atoms with E-state index in [2.05, 4.69) is 45.6 Å². The zero-order valence-corrected chi connectivity index (χ0v) is 11.4. The number of rotatable bonds is 3. The zero-order valence-electron chi connectivity index (χ0n) is 11.4. The van der Waals surface area contributed by atoms with Crippen molar-refractivity contribution < 1.29 is 0 Å². The Labute approximate surface area is 114 Å². The van der Waals surface area contributed by atoms with Crippen LogP contribution in [0.3, 0.4) is 0 Å². The highest BCUT2D eigenvalue weighted by atomic mass is 15.1. The molecule has 3 rings (SSSR count). The Hall–Kier alpha value is -1.90. The molecule has 1 aromatic heterocycles. The van der Waals surface area contributed by atoms with Crippen LogP contribution >= 0.6 is 0 Å². The number of aryl methyl sites for hydroxylation is 2. The molecular formula is C16H19N3. The molecule has 0 saturated heterocycles. The van der Waals surface area contributed by atoms with Crippen LogP contribution in [0.4, 0.5) is 5.82 Å². The Balaban J connectivity index is 1.61. The monoisotopic (exact) mass is 253 g/mol. The molecule has 1 aromatic carbocycles. The maximum Gasteiger partial charge on any atom is 0.147 e. The van der Waals surface area contributed by atoms with Gasteiger partial charge in [-0.3, -0.25) is 4.98 Å². The molecule has 2 aromatic rings. The van der Waals surface area contributed by atoms with Crippen molar-refractivity contribution in [1.29, 1.82) is 0 Å². The number of hydrogen-bond donors (Lipinski definition) is 1. The predicted octanol–water partition coefficient (Wildman–Crippen LogP) is 3.45. The fourth-order valence-electron chi connectivity index (χ4n) is 2.60. The zero-order chi connectivity index (χ0) is 13.2. The van der Waals surface area contributed by atoms with Crippen LogP contribution in [0.2, 0.25) is 0 Å². The van der Waals surface area contributed by atoms with Crippen molar-refractivity contribution in [3.05, 3.63) is 53.5 Å². The summed E-state index contributed by atoms with van der Waals surface area (Å²) in [5, 5.41) is 3.51. The summed E-state index contributed by atoms with van der Waals surface area (Å²) in [4.78, 5) is 8.86. The first-order chi connectivity index (χ1) is 9.22. The average molecular weight is 253 g/mol. The van der Waals surface area contributed by atoms with E-state index in [0.29, 0.717) is 12.0 Å². The number of anilines is 1. The molecular weight excluding hydrogens is 234 g/mol. The van der Waals surface area contributed by atoms with Gasteiger partial charge in [0.05, 0.1) is 11.4 Å². The van der Waals surface area contributed by atoms with Crippen molar-refractivity contribution in [2.75, 3.05) is 5.32 Å². The van der Waals surface area contributed by atoms with Crippen LogP contribution in [0.25, 0.3) is 0 Å². The second-order valence-electron chi connectivity index (χ2n) is 5.37. The van der Waals surface area contributed by atoms with E-state index in [1.54, 1.807) is 0 Å². The first kappa shape index (κ1) is 12.2. The molecule has 1 saturated carbocycles. The smallest absolute Gasteiger partial charge is 0.147 e. The summed E-state index contributed by atoms with van der Waals surface area (Å²) in [5.74, 6) is 1.63. The van der Waals surface area contributed by atoms with E-state index in [9.17, 15) is 0 Å². The number of nitrogens with zero attached hydrogens (tertiary/aromatic N) is 2. The SMILES string of the molecule is Cc1cnc(C)c(NC2CC(c3ccccc3)C2)n1. The minimum atomic E-state index is 0.528. The highest BCUT2D eigenvalue weighted by Gasteiger charge is 2.30. The van der Waals surface area contributed by atoms with E-state index in [1.165, 1.54) is 18.4 Å². The van der Waals surface area contributed by atoms with Gasteiger partial charge in [0.1, 0.15) is 5.82 Å². The first-order valence-corrected chi connectivity index (χ1v) is 6.84. The summed E-state index contributed by atoms with van der Waals surface area (Å²) in [5.41, 5.74) is 3.40. The van der Waals surface area contributed by atoms with Gasteiger partial charge in [0.15, 0.2) is 0 Å². The fraction of sp³-hybridized carbons (Fsp3) is 0.375. The van der Waals surface area contributed by atoms with Crippen molar-refractivity contribution in [3.63, 3.8) is 0 Å². The van der Waals surface area contributed by atoms with Gasteiger partial charge in [0.2, 0.25) is 0 Å². The summed E-state index contributed by atoms with van der Waals surface area (Å²) in [6, 6.07) is 11.3. The minimum absolute atomic E-state index is 0.528. The highest BCUT2D eigenvalue weighted by molar-refractivity contribution is 5.42. The Morgan fingerprint density at radius 2 is 1.84 bits per heavy atom. The van der Waals surface area contributed by atoms with Crippen molar-refractivity contribution in [2.45, 2.75) is 38.6 Å². The third-order valence-corrected chi connectivity index (χ3v) is 3.83. The third-order valence-electron chi connectivity index (χ3n) is 3.83. The molecule has 0 bridgehead atoms. The predicted molar refractivity (Wildman–Crippen MR) is 77.3 cm³/mol. The molecule has 1 aliphatic carbocycles. The molecule has 0 aliphatic heterocycles. The lowest BCUT2D eigenvalue weighted by Gasteiger charge is -2.36. The van der Waals surface area contributed by atoms with Crippen LogP contribution < -0.4 is 5.32 Å². The number of hydrogen-bond acceptors (Lipinski definition) is 3. The average Bonchev–Trinajstić information content (AvgIpc) is 2.38. The largest absolute Gasteiger partial charge is 0.366 e. The minimum Gasteiger partial charge on any atom is -0.366 e. The molecule has 1 heterocycles. The van der Waals surface area contributed by atoms with Gasteiger partial charge in [-0.15, -0.1) is 0 Å². The van der Waals surface area contributed by atoms with Gasteiger partial charge in [0, 0.05) is 12.2 Å². The van der Waals surface area contributed by atoms with Crippen LogP contribution in [0.1, 0.15) is 35.7 Å². The van der Waals surface area contributed by atoms with E-state index in [-0.39, 0.29) is 0 Å². The fourth-order valence-corrected chi connectivity index (χ4v) is 2.60. The molecule has 0 spiro atoms. The van der Waals surface area contributed by atoms with Gasteiger partial charge in [-0.2, -0.15) is 0 Å². The Bertz CT molecular complexity index is 559. The first-order valence-electron chi connectivity index (χ1n) is 6.84. The summed E-state index contributed by atoms with van der Waals surface area (Å²) >= 11 is 0. The van der Waals surface area contributed by atoms with Gasteiger partial charge < -0.3 is 5.32 Å². The lowest BCUT2D eigenvalue weighted by atomic mass is 9.76. The summed E-state index contributed by atoms with van der Waals surface area (Å²) in [6.07, 6.45) is 4.17. The summed E-state index contributed by atoms with van der Waals surface area (Å²) in [7, 11) is 0. The van der Waals surface area contributed by atoms with Crippen molar-refractivity contribution in [3.8, 4) is 0 Å². The lowest BCUT2D eigenvalue weighted by molar-refractivity contribution is 0.373. The molecule has 0 atom stereocenters. The van der Waals surface area contributed by atoms with Crippen molar-refractivity contribution in [2.24, 2.45) is 0 Å². The molecule has 0 amide bonds. The summed E-state index contributed by atoms with van der Waals surface area (Å²) in [6.45, 7) is 3.98. The van der Waals surface area contributed by atoms with Gasteiger partial charge >= 0.3 is 0 Å². The number of benzene rings is 1. The lowest BCUT2D eigenvalue weighted by Crippen LogP contribution is -2.34. The third kappa shape index (κ3) is 2.60. The topological polar surface area (TPSA) is 37.8 Å². The second kappa shape index (κ2) is 5.00. The number of aromatic nitrogens is 2. The number of nitrogens with one attached hydrogen (secondary N) is 1. The molecule has 0 radical (unpaired) electrons. The molecule has 0 unspecified atom stereocenters. The van der Waals surface area contributed by atoms with Gasteiger partial charge in [-0.25, -0.2) is 4.98 Å². The molecule has 1 aliphatic rings. The standard InChI is InChI=1S/C16H19N3/c1-11-10-17-12(2)16(18-11)19-15-8-14(9-15)13-6-4-3-5-7-13/h3-7,10,14-15H,8-9H2,1-2H3,(H,18,19). The normalized spacial score (nSPS) is 21.8. The van der Waals surface area contributed by atoms with Crippen molar-refractivity contribution >= 4 is 5.82 Å². The highest BCUT2D eigenvalue weighted by Crippen LogP contribution is 2.38. The van der Waals surface area contributed by atoms with E-state index in [1.807, 2.05) is 20.0 Å².